The van der Waals surface area contributed by atoms with Gasteiger partial charge in [-0.05, 0) is 43.4 Å². The van der Waals surface area contributed by atoms with Crippen LogP contribution in [0.4, 0.5) is 0 Å². The highest BCUT2D eigenvalue weighted by Gasteiger charge is 2.63. The normalized spacial score (nSPS) is 49.6. The average Bonchev–Trinajstić information content (AvgIpc) is 2.84. The van der Waals surface area contributed by atoms with Crippen LogP contribution >= 0.6 is 0 Å². The van der Waals surface area contributed by atoms with E-state index in [0.29, 0.717) is 49.7 Å². The van der Waals surface area contributed by atoms with E-state index in [2.05, 4.69) is 6.92 Å². The van der Waals surface area contributed by atoms with Gasteiger partial charge in [0.15, 0.2) is 0 Å². The van der Waals surface area contributed by atoms with E-state index in [-0.39, 0.29) is 35.4 Å². The summed E-state index contributed by atoms with van der Waals surface area (Å²) in [4.78, 5) is 37.1. The monoisotopic (exact) mass is 318 g/mol. The van der Waals surface area contributed by atoms with Gasteiger partial charge in [0.1, 0.15) is 17.3 Å². The molecule has 4 fully saturated rings. The fraction of sp³-hybridized carbons (Fsp3) is 0.842. The molecule has 0 unspecified atom stereocenters. The Hall–Kier alpha value is -1.03. The smallest absolute Gasteiger partial charge is 0.139 e. The molecule has 4 aliphatic rings. The second kappa shape index (κ2) is 4.98. The van der Waals surface area contributed by atoms with E-state index >= 15 is 0 Å². The van der Waals surface area contributed by atoms with E-state index in [0.717, 1.165) is 19.3 Å². The predicted molar refractivity (Wildman–Crippen MR) is 83.5 cm³/mol. The van der Waals surface area contributed by atoms with Gasteiger partial charge in [0.2, 0.25) is 0 Å². The highest BCUT2D eigenvalue weighted by atomic mass is 16.3. The fourth-order valence-electron chi connectivity index (χ4n) is 6.70. The van der Waals surface area contributed by atoms with Crippen molar-refractivity contribution < 1.29 is 19.5 Å². The van der Waals surface area contributed by atoms with Crippen LogP contribution in [0, 0.1) is 34.5 Å². The van der Waals surface area contributed by atoms with Gasteiger partial charge in [0.05, 0.1) is 0 Å². The molecule has 0 bridgehead atoms. The van der Waals surface area contributed by atoms with Crippen molar-refractivity contribution in [2.45, 2.75) is 58.3 Å². The summed E-state index contributed by atoms with van der Waals surface area (Å²) < 4.78 is 0. The molecule has 0 aromatic rings. The fourth-order valence-corrected chi connectivity index (χ4v) is 6.70. The van der Waals surface area contributed by atoms with E-state index in [1.54, 1.807) is 0 Å². The molecule has 0 aromatic carbocycles. The predicted octanol–water partition coefficient (Wildman–Crippen LogP) is 2.32. The highest BCUT2D eigenvalue weighted by molar-refractivity contribution is 5.91. The lowest BCUT2D eigenvalue weighted by atomic mass is 9.44. The summed E-state index contributed by atoms with van der Waals surface area (Å²) >= 11 is 0. The van der Waals surface area contributed by atoms with E-state index in [1.807, 2.05) is 0 Å². The Labute approximate surface area is 137 Å². The molecular formula is C19H26O4. The molecule has 0 radical (unpaired) electrons. The summed E-state index contributed by atoms with van der Waals surface area (Å²) in [6, 6.07) is 0. The van der Waals surface area contributed by atoms with Crippen LogP contribution in [0.5, 0.6) is 0 Å². The second-order valence-electron chi connectivity index (χ2n) is 8.65. The van der Waals surface area contributed by atoms with Crippen LogP contribution in [0.1, 0.15) is 58.3 Å². The topological polar surface area (TPSA) is 71.4 Å². The van der Waals surface area contributed by atoms with E-state index in [1.165, 1.54) is 0 Å². The third kappa shape index (κ3) is 1.90. The van der Waals surface area contributed by atoms with Gasteiger partial charge in [0.25, 0.3) is 0 Å². The maximum Gasteiger partial charge on any atom is 0.139 e. The number of fused-ring (bicyclic) bond motifs is 5. The Morgan fingerprint density at radius 3 is 2.57 bits per heavy atom. The van der Waals surface area contributed by atoms with E-state index in [4.69, 9.17) is 0 Å². The van der Waals surface area contributed by atoms with Gasteiger partial charge in [-0.25, -0.2) is 0 Å². The molecule has 23 heavy (non-hydrogen) atoms. The summed E-state index contributed by atoms with van der Waals surface area (Å²) in [5, 5.41) is 10.2. The Morgan fingerprint density at radius 1 is 1.04 bits per heavy atom. The summed E-state index contributed by atoms with van der Waals surface area (Å²) in [6.45, 7) is 2.10. The number of rotatable bonds is 1. The first-order valence-corrected chi connectivity index (χ1v) is 9.11. The molecule has 0 saturated heterocycles. The van der Waals surface area contributed by atoms with Crippen molar-refractivity contribution >= 4 is 17.3 Å². The first-order chi connectivity index (χ1) is 10.9. The number of hydrogen-bond acceptors (Lipinski definition) is 4. The number of hydrogen-bond donors (Lipinski definition) is 1. The highest BCUT2D eigenvalue weighted by Crippen LogP contribution is 2.64. The van der Waals surface area contributed by atoms with Gasteiger partial charge < -0.3 is 5.11 Å². The standard InChI is InChI=1S/C19H26O4/c1-18-6-5-14-12(13(18)2-3-17(18)23)9-16(22)15-8-11(21)4-7-19(14,15)10-20/h12-15,20H,2-10H2,1H3/t12-,13-,14-,15+,18-,19-/m0/s1. The largest absolute Gasteiger partial charge is 0.396 e. The van der Waals surface area contributed by atoms with Crippen LogP contribution in [-0.4, -0.2) is 29.1 Å². The van der Waals surface area contributed by atoms with Gasteiger partial charge in [-0.2, -0.15) is 0 Å². The van der Waals surface area contributed by atoms with Gasteiger partial charge in [0, 0.05) is 49.0 Å². The molecule has 4 saturated carbocycles. The van der Waals surface area contributed by atoms with Gasteiger partial charge >= 0.3 is 0 Å². The minimum Gasteiger partial charge on any atom is -0.396 e. The lowest BCUT2D eigenvalue weighted by Crippen LogP contribution is -2.59. The Morgan fingerprint density at radius 2 is 1.83 bits per heavy atom. The molecule has 4 rings (SSSR count). The molecule has 0 heterocycles. The number of aliphatic hydroxyl groups excluding tert-OH is 1. The summed E-state index contributed by atoms with van der Waals surface area (Å²) in [7, 11) is 0. The van der Waals surface area contributed by atoms with Crippen LogP contribution in [0.3, 0.4) is 0 Å². The summed E-state index contributed by atoms with van der Waals surface area (Å²) in [6.07, 6.45) is 5.32. The molecule has 6 atom stereocenters. The van der Waals surface area contributed by atoms with Crippen molar-refractivity contribution in [3.63, 3.8) is 0 Å². The first kappa shape index (κ1) is 15.5. The Bertz CT molecular complexity index is 582. The Balaban J connectivity index is 1.73. The first-order valence-electron chi connectivity index (χ1n) is 9.11. The average molecular weight is 318 g/mol. The van der Waals surface area contributed by atoms with Crippen molar-refractivity contribution in [2.75, 3.05) is 6.61 Å². The van der Waals surface area contributed by atoms with Crippen LogP contribution < -0.4 is 0 Å². The molecule has 4 aliphatic carbocycles. The van der Waals surface area contributed by atoms with Crippen LogP contribution in [0.2, 0.25) is 0 Å². The number of Topliss-reactive ketones (excluding diaryl/α,β-unsaturated/α-hetero) is 3. The van der Waals surface area contributed by atoms with Gasteiger partial charge in [-0.15, -0.1) is 0 Å². The third-order valence-corrected chi connectivity index (χ3v) is 8.00. The zero-order chi connectivity index (χ0) is 16.4. The summed E-state index contributed by atoms with van der Waals surface area (Å²) in [5.41, 5.74) is -0.656. The molecular weight excluding hydrogens is 292 g/mol. The number of aliphatic hydroxyl groups is 1. The molecule has 1 N–H and O–H groups in total. The van der Waals surface area contributed by atoms with Crippen molar-refractivity contribution in [3.8, 4) is 0 Å². The van der Waals surface area contributed by atoms with Gasteiger partial charge in [-0.1, -0.05) is 6.92 Å². The van der Waals surface area contributed by atoms with Crippen molar-refractivity contribution in [1.82, 2.24) is 0 Å². The van der Waals surface area contributed by atoms with Gasteiger partial charge in [-0.3, -0.25) is 14.4 Å². The molecule has 0 spiro atoms. The Kier molecular flexibility index (Phi) is 3.36. The van der Waals surface area contributed by atoms with Crippen LogP contribution in [0.25, 0.3) is 0 Å². The lowest BCUT2D eigenvalue weighted by molar-refractivity contribution is -0.167. The third-order valence-electron chi connectivity index (χ3n) is 8.00. The minimum absolute atomic E-state index is 0.00916. The van der Waals surface area contributed by atoms with Crippen LogP contribution in [-0.2, 0) is 14.4 Å². The molecule has 0 aliphatic heterocycles. The number of ketones is 3. The van der Waals surface area contributed by atoms with Crippen molar-refractivity contribution in [3.05, 3.63) is 0 Å². The maximum absolute atomic E-state index is 12.8. The quantitative estimate of drug-likeness (QED) is 0.805. The molecule has 0 amide bonds. The van der Waals surface area contributed by atoms with E-state index in [9.17, 15) is 19.5 Å². The second-order valence-corrected chi connectivity index (χ2v) is 8.65. The zero-order valence-corrected chi connectivity index (χ0v) is 13.8. The van der Waals surface area contributed by atoms with E-state index < -0.39 is 5.41 Å². The molecule has 0 aromatic heterocycles. The minimum atomic E-state index is -0.402. The lowest BCUT2D eigenvalue weighted by Gasteiger charge is -2.58. The van der Waals surface area contributed by atoms with Crippen molar-refractivity contribution in [2.24, 2.45) is 34.5 Å². The summed E-state index contributed by atoms with van der Waals surface area (Å²) in [5.74, 6) is 1.24. The SMILES string of the molecule is C[C@]12CC[C@H]3[C@@H](CC(=O)[C@H]4CC(=O)CC[C@@]43CO)[C@@H]1CCC2=O. The molecule has 4 heteroatoms. The number of carbonyl (C=O) groups excluding carboxylic acids is 3. The maximum atomic E-state index is 12.8. The van der Waals surface area contributed by atoms with Crippen molar-refractivity contribution in [1.29, 1.82) is 0 Å². The molecule has 126 valence electrons. The van der Waals surface area contributed by atoms with Crippen LogP contribution in [0.15, 0.2) is 0 Å². The molecule has 4 nitrogen and oxygen atoms in total. The number of carbonyl (C=O) groups is 3. The zero-order valence-electron chi connectivity index (χ0n) is 13.8.